The fourth-order valence-electron chi connectivity index (χ4n) is 9.14. The number of rotatable bonds is 2. The predicted molar refractivity (Wildman–Crippen MR) is 189 cm³/mol. The zero-order valence-electron chi connectivity index (χ0n) is 28.2. The standard InChI is InChI=1S/C44H22F12/c45-41(46,47)39(42(48,49)50)34-18-10-8-16-26(34)28-20-30-31(21-35(28)39)37(23-11-3-1-4-12-23)29-19-27-25-15-7-9-17-33(25)40(43(51,52)53,44(54,55)56)36(27)22-32(29)38(30)24-13-5-2-6-14-24/h1-22H. The number of fused-ring (bicyclic) bond motifs is 8. The molecule has 0 atom stereocenters. The molecule has 2 aliphatic carbocycles. The van der Waals surface area contributed by atoms with E-state index in [-0.39, 0.29) is 54.9 Å². The van der Waals surface area contributed by atoms with Crippen molar-refractivity contribution in [3.63, 3.8) is 0 Å². The molecule has 0 unspecified atom stereocenters. The van der Waals surface area contributed by atoms with E-state index in [1.54, 1.807) is 36.4 Å². The Hall–Kier alpha value is -5.78. The molecule has 12 heteroatoms. The third-order valence-electron chi connectivity index (χ3n) is 11.3. The molecular weight excluding hydrogens is 756 g/mol. The van der Waals surface area contributed by atoms with Gasteiger partial charge in [-0.25, -0.2) is 0 Å². The van der Waals surface area contributed by atoms with E-state index in [2.05, 4.69) is 0 Å². The van der Waals surface area contributed by atoms with Crippen LogP contribution < -0.4 is 0 Å². The zero-order chi connectivity index (χ0) is 39.8. The predicted octanol–water partition coefficient (Wildman–Crippen LogP) is 14.1. The van der Waals surface area contributed by atoms with E-state index in [9.17, 15) is 0 Å². The van der Waals surface area contributed by atoms with Crippen LogP contribution in [0.15, 0.2) is 133 Å². The van der Waals surface area contributed by atoms with Gasteiger partial charge in [0.2, 0.25) is 10.8 Å². The van der Waals surface area contributed by atoms with Gasteiger partial charge in [0.1, 0.15) is 0 Å². The molecule has 2 aliphatic rings. The number of hydrogen-bond acceptors (Lipinski definition) is 0. The summed E-state index contributed by atoms with van der Waals surface area (Å²) in [4.78, 5) is 0. The van der Waals surface area contributed by atoms with Gasteiger partial charge in [0.15, 0.2) is 0 Å². The van der Waals surface area contributed by atoms with Gasteiger partial charge in [-0.3, -0.25) is 0 Å². The maximum atomic E-state index is 15.3. The minimum Gasteiger partial charge on any atom is -0.169 e. The summed E-state index contributed by atoms with van der Waals surface area (Å²) < 4.78 is 184. The fourth-order valence-corrected chi connectivity index (χ4v) is 9.14. The number of benzene rings is 7. The van der Waals surface area contributed by atoms with Crippen molar-refractivity contribution < 1.29 is 52.7 Å². The van der Waals surface area contributed by atoms with E-state index >= 15 is 52.7 Å². The van der Waals surface area contributed by atoms with Gasteiger partial charge in [0.25, 0.3) is 0 Å². The second-order valence-corrected chi connectivity index (χ2v) is 14.0. The van der Waals surface area contributed by atoms with Crippen LogP contribution in [0.4, 0.5) is 52.7 Å². The first kappa shape index (κ1) is 35.9. The van der Waals surface area contributed by atoms with Crippen LogP contribution >= 0.6 is 0 Å². The SMILES string of the molecule is FC(F)(F)C1(C(F)(F)F)c2ccccc2-c2cc3c(-c4ccccc4)c4cc5c(cc4c(-c4ccccc4)c3cc21)-c1ccccc1C5(C(F)(F)F)C(F)(F)F. The molecule has 7 aromatic rings. The van der Waals surface area contributed by atoms with E-state index in [1.165, 1.54) is 36.4 Å². The van der Waals surface area contributed by atoms with E-state index in [4.69, 9.17) is 0 Å². The maximum absolute atomic E-state index is 15.3. The summed E-state index contributed by atoms with van der Waals surface area (Å²) in [5.74, 6) is 0. The summed E-state index contributed by atoms with van der Waals surface area (Å²) in [7, 11) is 0. The summed E-state index contributed by atoms with van der Waals surface area (Å²) in [6.45, 7) is 0. The first-order chi connectivity index (χ1) is 26.4. The van der Waals surface area contributed by atoms with Gasteiger partial charge < -0.3 is 0 Å². The highest BCUT2D eigenvalue weighted by Crippen LogP contribution is 2.67. The van der Waals surface area contributed by atoms with Gasteiger partial charge in [0.05, 0.1) is 0 Å². The third kappa shape index (κ3) is 4.41. The van der Waals surface area contributed by atoms with Crippen molar-refractivity contribution in [1.29, 1.82) is 0 Å². The molecule has 0 fully saturated rings. The molecule has 0 saturated carbocycles. The number of hydrogen-bond donors (Lipinski definition) is 0. The van der Waals surface area contributed by atoms with Crippen LogP contribution in [-0.2, 0) is 10.8 Å². The number of alkyl halides is 12. The second kappa shape index (κ2) is 11.4. The maximum Gasteiger partial charge on any atom is 0.411 e. The van der Waals surface area contributed by atoms with Crippen molar-refractivity contribution in [3.05, 3.63) is 156 Å². The molecule has 9 rings (SSSR count). The topological polar surface area (TPSA) is 0 Å². The van der Waals surface area contributed by atoms with Gasteiger partial charge >= 0.3 is 24.7 Å². The van der Waals surface area contributed by atoms with Gasteiger partial charge in [-0.1, -0.05) is 109 Å². The Kier molecular flexibility index (Phi) is 7.30. The number of halogens is 12. The molecule has 0 N–H and O–H groups in total. The third-order valence-corrected chi connectivity index (χ3v) is 11.3. The lowest BCUT2D eigenvalue weighted by Gasteiger charge is -2.36. The molecule has 0 spiro atoms. The molecule has 0 radical (unpaired) electrons. The van der Waals surface area contributed by atoms with Crippen molar-refractivity contribution in [2.24, 2.45) is 0 Å². The average Bonchev–Trinajstić information content (AvgIpc) is 3.61. The lowest BCUT2D eigenvalue weighted by molar-refractivity contribution is -0.288. The summed E-state index contributed by atoms with van der Waals surface area (Å²) in [6, 6.07) is 28.0. The highest BCUT2D eigenvalue weighted by molar-refractivity contribution is 6.23. The summed E-state index contributed by atoms with van der Waals surface area (Å²) in [5, 5.41) is -0.181. The van der Waals surface area contributed by atoms with Crippen LogP contribution in [0.5, 0.6) is 0 Å². The minimum atomic E-state index is -5.89. The van der Waals surface area contributed by atoms with Gasteiger partial charge in [-0.05, 0) is 113 Å². The normalized spacial score (nSPS) is 15.8. The van der Waals surface area contributed by atoms with Crippen LogP contribution in [0.25, 0.3) is 66.1 Å². The Balaban J connectivity index is 1.56. The lowest BCUT2D eigenvalue weighted by atomic mass is 9.74. The summed E-state index contributed by atoms with van der Waals surface area (Å²) in [5.41, 5.74) is -14.2. The van der Waals surface area contributed by atoms with E-state index in [0.717, 1.165) is 60.7 Å². The van der Waals surface area contributed by atoms with E-state index < -0.39 is 68.9 Å². The van der Waals surface area contributed by atoms with Crippen molar-refractivity contribution in [2.45, 2.75) is 35.5 Å². The molecule has 0 heterocycles. The van der Waals surface area contributed by atoms with Crippen LogP contribution in [-0.4, -0.2) is 24.7 Å². The summed E-state index contributed by atoms with van der Waals surface area (Å²) in [6.07, 6.45) is -23.6. The van der Waals surface area contributed by atoms with Crippen LogP contribution in [0, 0.1) is 0 Å². The molecule has 0 saturated heterocycles. The van der Waals surface area contributed by atoms with Crippen molar-refractivity contribution in [1.82, 2.24) is 0 Å². The first-order valence-corrected chi connectivity index (χ1v) is 17.1. The van der Waals surface area contributed by atoms with Crippen molar-refractivity contribution in [2.75, 3.05) is 0 Å². The monoisotopic (exact) mass is 778 g/mol. The van der Waals surface area contributed by atoms with E-state index in [0.29, 0.717) is 0 Å². The Morgan fingerprint density at radius 2 is 0.571 bits per heavy atom. The molecular formula is C44H22F12. The van der Waals surface area contributed by atoms with Crippen LogP contribution in [0.3, 0.4) is 0 Å². The minimum absolute atomic E-state index is 0.0244. The Bertz CT molecular complexity index is 2520. The smallest absolute Gasteiger partial charge is 0.169 e. The molecule has 0 aliphatic heterocycles. The van der Waals surface area contributed by atoms with Gasteiger partial charge in [0, 0.05) is 0 Å². The Morgan fingerprint density at radius 3 is 0.893 bits per heavy atom. The average molecular weight is 779 g/mol. The van der Waals surface area contributed by atoms with Gasteiger partial charge in [-0.2, -0.15) is 52.7 Å². The molecule has 7 aromatic carbocycles. The summed E-state index contributed by atoms with van der Waals surface area (Å²) >= 11 is 0. The van der Waals surface area contributed by atoms with Crippen LogP contribution in [0.1, 0.15) is 22.3 Å². The largest absolute Gasteiger partial charge is 0.411 e. The Labute approximate surface area is 309 Å². The first-order valence-electron chi connectivity index (χ1n) is 17.1. The molecule has 0 bridgehead atoms. The van der Waals surface area contributed by atoms with Crippen molar-refractivity contribution >= 4 is 21.5 Å². The fraction of sp³-hybridized carbons (Fsp3) is 0.136. The molecule has 0 aromatic heterocycles. The molecule has 56 heavy (non-hydrogen) atoms. The zero-order valence-corrected chi connectivity index (χ0v) is 28.2. The quantitative estimate of drug-likeness (QED) is 0.121. The van der Waals surface area contributed by atoms with Crippen LogP contribution in [0.2, 0.25) is 0 Å². The van der Waals surface area contributed by atoms with Gasteiger partial charge in [-0.15, -0.1) is 0 Å². The molecule has 282 valence electrons. The lowest BCUT2D eigenvalue weighted by Crippen LogP contribution is -2.53. The van der Waals surface area contributed by atoms with E-state index in [1.807, 2.05) is 0 Å². The highest BCUT2D eigenvalue weighted by Gasteiger charge is 2.76. The molecule has 0 amide bonds. The molecule has 0 nitrogen and oxygen atoms in total. The second-order valence-electron chi connectivity index (χ2n) is 14.0. The Morgan fingerprint density at radius 1 is 0.286 bits per heavy atom. The van der Waals surface area contributed by atoms with Crippen molar-refractivity contribution in [3.8, 4) is 44.5 Å². The highest BCUT2D eigenvalue weighted by atomic mass is 19.4.